The first-order valence-corrected chi connectivity index (χ1v) is 13.9. The van der Waals surface area contributed by atoms with Gasteiger partial charge < -0.3 is 19.6 Å². The van der Waals surface area contributed by atoms with Crippen LogP contribution >= 0.6 is 0 Å². The van der Waals surface area contributed by atoms with E-state index >= 15 is 0 Å². The van der Waals surface area contributed by atoms with E-state index < -0.39 is 0 Å². The molecular formula is C32H53NO5. The summed E-state index contributed by atoms with van der Waals surface area (Å²) in [6.07, 6.45) is 3.20. The maximum absolute atomic E-state index is 12.3. The van der Waals surface area contributed by atoms with E-state index in [4.69, 9.17) is 14.3 Å². The summed E-state index contributed by atoms with van der Waals surface area (Å²) in [5.74, 6) is 0.208. The smallest absolute Gasteiger partial charge is 0.166 e. The highest BCUT2D eigenvalue weighted by Crippen LogP contribution is 2.35. The summed E-state index contributed by atoms with van der Waals surface area (Å²) in [5, 5.41) is 3.33. The fourth-order valence-corrected chi connectivity index (χ4v) is 2.94. The Morgan fingerprint density at radius 3 is 2.00 bits per heavy atom. The van der Waals surface area contributed by atoms with E-state index in [2.05, 4.69) is 33.0 Å². The number of ether oxygens (including phenoxy) is 2. The Labute approximate surface area is 232 Å². The molecule has 0 aromatic heterocycles. The highest BCUT2D eigenvalue weighted by atomic mass is 16.5. The van der Waals surface area contributed by atoms with Crippen LogP contribution in [-0.2, 0) is 16.1 Å². The first kappa shape index (κ1) is 39.5. The zero-order chi connectivity index (χ0) is 29.9. The lowest BCUT2D eigenvalue weighted by atomic mass is 9.95. The van der Waals surface area contributed by atoms with Crippen molar-refractivity contribution in [2.75, 3.05) is 18.5 Å². The summed E-state index contributed by atoms with van der Waals surface area (Å²) in [6.45, 7) is 23.5. The van der Waals surface area contributed by atoms with Crippen LogP contribution in [0.1, 0.15) is 108 Å². The van der Waals surface area contributed by atoms with Gasteiger partial charge in [0.25, 0.3) is 0 Å². The zero-order valence-electron chi connectivity index (χ0n) is 25.6. The Morgan fingerprint density at radius 2 is 1.53 bits per heavy atom. The van der Waals surface area contributed by atoms with Gasteiger partial charge in [-0.2, -0.15) is 0 Å². The van der Waals surface area contributed by atoms with Crippen molar-refractivity contribution in [3.63, 3.8) is 0 Å². The first-order valence-electron chi connectivity index (χ1n) is 13.9. The van der Waals surface area contributed by atoms with Crippen molar-refractivity contribution in [1.82, 2.24) is 0 Å². The van der Waals surface area contributed by atoms with Gasteiger partial charge in [0.2, 0.25) is 0 Å². The van der Waals surface area contributed by atoms with Crippen LogP contribution in [0.3, 0.4) is 0 Å². The Bertz CT molecular complexity index is 835. The molecule has 0 saturated carbocycles. The minimum absolute atomic E-state index is 0.0163. The van der Waals surface area contributed by atoms with Gasteiger partial charge >= 0.3 is 0 Å². The molecule has 1 aliphatic rings. The van der Waals surface area contributed by atoms with Crippen LogP contribution in [0.4, 0.5) is 5.69 Å². The van der Waals surface area contributed by atoms with Crippen LogP contribution in [0.15, 0.2) is 42.5 Å². The molecule has 0 spiro atoms. The Kier molecular flexibility index (Phi) is 28.1. The van der Waals surface area contributed by atoms with Gasteiger partial charge in [-0.15, -0.1) is 0 Å². The standard InChI is InChI=1S/C21H23NO4.2C3H8.2C2H6.CH2O/c1-14(2)20(24)17-8-9-19-21(18(17)10-23)26-13-16(22-19)12-25-11-15-6-4-3-5-7-15;2*1-3-2;3*1-2/h3-10,14,16,22H,11-13H2,1-2H3;2*3H2,1-2H3;2*1-2H3;1H2. The number of hydrogen-bond donors (Lipinski definition) is 1. The monoisotopic (exact) mass is 531 g/mol. The average molecular weight is 532 g/mol. The molecule has 3 rings (SSSR count). The van der Waals surface area contributed by atoms with Crippen LogP contribution in [0.5, 0.6) is 5.75 Å². The molecule has 38 heavy (non-hydrogen) atoms. The number of carbonyl (C=O) groups is 3. The lowest BCUT2D eigenvalue weighted by Gasteiger charge is -2.29. The molecule has 1 atom stereocenters. The predicted molar refractivity (Wildman–Crippen MR) is 162 cm³/mol. The van der Waals surface area contributed by atoms with Gasteiger partial charge in [0.15, 0.2) is 17.8 Å². The predicted octanol–water partition coefficient (Wildman–Crippen LogP) is 8.43. The molecule has 6 heteroatoms. The van der Waals surface area contributed by atoms with Crippen LogP contribution in [0, 0.1) is 5.92 Å². The molecule has 1 N–H and O–H groups in total. The number of carbonyl (C=O) groups excluding carboxylic acids is 3. The zero-order valence-corrected chi connectivity index (χ0v) is 25.6. The maximum atomic E-state index is 12.3. The van der Waals surface area contributed by atoms with Crippen molar-refractivity contribution >= 4 is 24.5 Å². The number of ketones is 1. The van der Waals surface area contributed by atoms with E-state index in [1.807, 2.05) is 78.7 Å². The van der Waals surface area contributed by atoms with Crippen molar-refractivity contribution in [1.29, 1.82) is 0 Å². The molecule has 2 aromatic rings. The minimum atomic E-state index is -0.178. The van der Waals surface area contributed by atoms with Gasteiger partial charge in [-0.25, -0.2) is 0 Å². The normalized spacial score (nSPS) is 12.1. The SMILES string of the molecule is C=O.CC.CC.CC(C)C(=O)c1ccc2c(c1C=O)OCC(COCc1ccccc1)N2.CCC.CCC. The van der Waals surface area contributed by atoms with Crippen molar-refractivity contribution in [3.05, 3.63) is 59.2 Å². The Morgan fingerprint density at radius 1 is 1.00 bits per heavy atom. The molecule has 216 valence electrons. The first-order chi connectivity index (χ1) is 18.4. The summed E-state index contributed by atoms with van der Waals surface area (Å²) in [6, 6.07) is 13.4. The number of nitrogens with one attached hydrogen (secondary N) is 1. The molecule has 0 bridgehead atoms. The van der Waals surface area contributed by atoms with E-state index in [0.29, 0.717) is 48.7 Å². The minimum Gasteiger partial charge on any atom is -0.488 e. The fraction of sp³-hybridized carbons (Fsp3) is 0.531. The van der Waals surface area contributed by atoms with E-state index in [1.165, 1.54) is 12.8 Å². The van der Waals surface area contributed by atoms with E-state index in [-0.39, 0.29) is 17.7 Å². The van der Waals surface area contributed by atoms with Gasteiger partial charge in [0, 0.05) is 11.5 Å². The molecule has 1 unspecified atom stereocenters. The van der Waals surface area contributed by atoms with Gasteiger partial charge in [0.1, 0.15) is 13.4 Å². The largest absolute Gasteiger partial charge is 0.488 e. The van der Waals surface area contributed by atoms with E-state index in [9.17, 15) is 9.59 Å². The molecule has 1 aliphatic heterocycles. The second kappa shape index (κ2) is 27.1. The van der Waals surface area contributed by atoms with Crippen LogP contribution in [0.25, 0.3) is 0 Å². The molecule has 0 aliphatic carbocycles. The number of fused-ring (bicyclic) bond motifs is 1. The lowest BCUT2D eigenvalue weighted by Crippen LogP contribution is -2.36. The number of rotatable bonds is 7. The molecular weight excluding hydrogens is 478 g/mol. The van der Waals surface area contributed by atoms with Crippen LogP contribution in [-0.4, -0.2) is 38.1 Å². The summed E-state index contributed by atoms with van der Waals surface area (Å²) in [4.78, 5) is 31.8. The number of hydrogen-bond acceptors (Lipinski definition) is 6. The third-order valence-corrected chi connectivity index (χ3v) is 4.32. The third kappa shape index (κ3) is 15.3. The second-order valence-corrected chi connectivity index (χ2v) is 8.11. The molecule has 1 heterocycles. The molecule has 0 radical (unpaired) electrons. The maximum Gasteiger partial charge on any atom is 0.166 e. The number of benzene rings is 2. The highest BCUT2D eigenvalue weighted by Gasteiger charge is 2.26. The third-order valence-electron chi connectivity index (χ3n) is 4.32. The van der Waals surface area contributed by atoms with Crippen molar-refractivity contribution in [3.8, 4) is 5.75 Å². The van der Waals surface area contributed by atoms with Crippen LogP contribution in [0.2, 0.25) is 0 Å². The van der Waals surface area contributed by atoms with Gasteiger partial charge in [-0.05, 0) is 17.7 Å². The van der Waals surface area contributed by atoms with Crippen molar-refractivity contribution in [2.45, 2.75) is 94.7 Å². The number of anilines is 1. The molecule has 6 nitrogen and oxygen atoms in total. The summed E-state index contributed by atoms with van der Waals surface area (Å²) < 4.78 is 11.6. The van der Waals surface area contributed by atoms with Gasteiger partial charge in [-0.3, -0.25) is 9.59 Å². The van der Waals surface area contributed by atoms with Crippen LogP contribution < -0.4 is 10.1 Å². The Balaban J connectivity index is -0.000000886. The Hall–Kier alpha value is -2.99. The summed E-state index contributed by atoms with van der Waals surface area (Å²) in [5.41, 5.74) is 2.56. The fourth-order valence-electron chi connectivity index (χ4n) is 2.94. The molecule has 0 saturated heterocycles. The number of Topliss-reactive ketones (excluding diaryl/α,β-unsaturated/α-hetero) is 1. The van der Waals surface area contributed by atoms with Gasteiger partial charge in [0.05, 0.1) is 30.5 Å². The lowest BCUT2D eigenvalue weighted by molar-refractivity contribution is -0.0980. The summed E-state index contributed by atoms with van der Waals surface area (Å²) >= 11 is 0. The second-order valence-electron chi connectivity index (χ2n) is 8.11. The molecule has 2 aromatic carbocycles. The van der Waals surface area contributed by atoms with Crippen molar-refractivity contribution < 1.29 is 23.9 Å². The average Bonchev–Trinajstić information content (AvgIpc) is 2.96. The van der Waals surface area contributed by atoms with Gasteiger partial charge in [-0.1, -0.05) is 112 Å². The number of aldehydes is 1. The topological polar surface area (TPSA) is 81.7 Å². The highest BCUT2D eigenvalue weighted by molar-refractivity contribution is 6.06. The van der Waals surface area contributed by atoms with E-state index in [0.717, 1.165) is 5.56 Å². The molecule has 0 fully saturated rings. The van der Waals surface area contributed by atoms with E-state index in [1.54, 1.807) is 12.1 Å². The van der Waals surface area contributed by atoms with Crippen molar-refractivity contribution in [2.24, 2.45) is 5.92 Å². The molecule has 0 amide bonds. The quantitative estimate of drug-likeness (QED) is 0.285. The summed E-state index contributed by atoms with van der Waals surface area (Å²) in [7, 11) is 0.